The molecule has 0 saturated carbocycles. The molecule has 0 radical (unpaired) electrons. The van der Waals surface area contributed by atoms with Crippen LogP contribution >= 0.6 is 15.9 Å². The van der Waals surface area contributed by atoms with Gasteiger partial charge in [-0.05, 0) is 59.2 Å². The van der Waals surface area contributed by atoms with Crippen LogP contribution < -0.4 is 0 Å². The number of hydrogen-bond acceptors (Lipinski definition) is 6. The Morgan fingerprint density at radius 1 is 0.970 bits per heavy atom. The van der Waals surface area contributed by atoms with Crippen molar-refractivity contribution in [1.82, 2.24) is 9.55 Å². The summed E-state index contributed by atoms with van der Waals surface area (Å²) in [5.74, 6) is 0.225. The van der Waals surface area contributed by atoms with Gasteiger partial charge in [-0.3, -0.25) is 0 Å². The molecular weight excluding hydrogens is 488 g/mol. The fourth-order valence-corrected chi connectivity index (χ4v) is 3.51. The molecule has 0 aliphatic rings. The summed E-state index contributed by atoms with van der Waals surface area (Å²) in [6.07, 6.45) is -2.46. The van der Waals surface area contributed by atoms with Gasteiger partial charge in [0.1, 0.15) is 11.2 Å². The first-order chi connectivity index (χ1) is 15.4. The predicted molar refractivity (Wildman–Crippen MR) is 130 cm³/mol. The van der Waals surface area contributed by atoms with Gasteiger partial charge in [-0.15, -0.1) is 0 Å². The summed E-state index contributed by atoms with van der Waals surface area (Å²) in [6, 6.07) is 14.7. The molecule has 1 aromatic heterocycles. The van der Waals surface area contributed by atoms with E-state index in [4.69, 9.17) is 14.2 Å². The number of benzene rings is 2. The van der Waals surface area contributed by atoms with Crippen LogP contribution in [0.3, 0.4) is 0 Å². The van der Waals surface area contributed by atoms with E-state index in [-0.39, 0.29) is 5.82 Å². The van der Waals surface area contributed by atoms with Gasteiger partial charge in [0.15, 0.2) is 11.9 Å². The van der Waals surface area contributed by atoms with Crippen LogP contribution in [-0.4, -0.2) is 33.0 Å². The van der Waals surface area contributed by atoms with Crippen LogP contribution in [0, 0.1) is 0 Å². The smallest absolute Gasteiger partial charge is 0.443 e. The molecule has 33 heavy (non-hydrogen) atoms. The lowest BCUT2D eigenvalue weighted by molar-refractivity contribution is -0.0223. The third-order valence-corrected chi connectivity index (χ3v) is 5.06. The molecule has 0 bridgehead atoms. The SMILES string of the molecule is CC(C)(C)OC(=O)OC(c1ccccc1)c1nc2ccc(CBr)cc2n1C(=O)OC(C)(C)C. The predicted octanol–water partition coefficient (Wildman–Crippen LogP) is 6.76. The van der Waals surface area contributed by atoms with E-state index >= 15 is 0 Å². The normalized spacial score (nSPS) is 12.9. The number of aromatic nitrogens is 2. The average Bonchev–Trinajstić information content (AvgIpc) is 3.08. The quantitative estimate of drug-likeness (QED) is 0.281. The third-order valence-electron chi connectivity index (χ3n) is 4.42. The fraction of sp³-hybridized carbons (Fsp3) is 0.400. The first kappa shape index (κ1) is 24.8. The Bertz CT molecular complexity index is 1140. The van der Waals surface area contributed by atoms with Crippen molar-refractivity contribution in [3.63, 3.8) is 0 Å². The van der Waals surface area contributed by atoms with E-state index in [2.05, 4.69) is 20.9 Å². The van der Waals surface area contributed by atoms with Gasteiger partial charge < -0.3 is 14.2 Å². The molecule has 2 aromatic carbocycles. The number of ether oxygens (including phenoxy) is 3. The van der Waals surface area contributed by atoms with Crippen molar-refractivity contribution >= 4 is 39.2 Å². The molecule has 0 aliphatic carbocycles. The highest BCUT2D eigenvalue weighted by molar-refractivity contribution is 9.08. The Labute approximate surface area is 202 Å². The van der Waals surface area contributed by atoms with E-state index in [0.717, 1.165) is 5.56 Å². The minimum atomic E-state index is -0.992. The molecule has 0 fully saturated rings. The fourth-order valence-electron chi connectivity index (χ4n) is 3.17. The maximum absolute atomic E-state index is 13.3. The number of carbonyl (C=O) groups excluding carboxylic acids is 2. The topological polar surface area (TPSA) is 79.7 Å². The number of nitrogens with zero attached hydrogens (tertiary/aromatic N) is 2. The second kappa shape index (κ2) is 9.55. The second-order valence-electron chi connectivity index (χ2n) is 9.62. The van der Waals surface area contributed by atoms with Crippen molar-refractivity contribution in [2.45, 2.75) is 64.2 Å². The van der Waals surface area contributed by atoms with Gasteiger partial charge in [0.2, 0.25) is 0 Å². The summed E-state index contributed by atoms with van der Waals surface area (Å²) in [5.41, 5.74) is 1.27. The number of halogens is 1. The molecule has 0 saturated heterocycles. The maximum Gasteiger partial charge on any atom is 0.509 e. The van der Waals surface area contributed by atoms with Crippen molar-refractivity contribution in [1.29, 1.82) is 0 Å². The second-order valence-corrected chi connectivity index (χ2v) is 10.2. The molecule has 7 nitrogen and oxygen atoms in total. The molecule has 0 amide bonds. The molecule has 0 spiro atoms. The number of carbonyl (C=O) groups is 2. The first-order valence-electron chi connectivity index (χ1n) is 10.6. The Morgan fingerprint density at radius 3 is 2.18 bits per heavy atom. The molecule has 1 unspecified atom stereocenters. The van der Waals surface area contributed by atoms with Crippen LogP contribution in [0.5, 0.6) is 0 Å². The van der Waals surface area contributed by atoms with Gasteiger partial charge in [-0.1, -0.05) is 52.3 Å². The van der Waals surface area contributed by atoms with Gasteiger partial charge in [0.25, 0.3) is 0 Å². The minimum absolute atomic E-state index is 0.225. The van der Waals surface area contributed by atoms with Gasteiger partial charge >= 0.3 is 12.2 Å². The van der Waals surface area contributed by atoms with Crippen LogP contribution in [0.2, 0.25) is 0 Å². The molecule has 1 heterocycles. The Morgan fingerprint density at radius 2 is 1.61 bits per heavy atom. The van der Waals surface area contributed by atoms with Crippen molar-refractivity contribution < 1.29 is 23.8 Å². The molecule has 1 atom stereocenters. The maximum atomic E-state index is 13.3. The number of rotatable bonds is 4. The van der Waals surface area contributed by atoms with Crippen LogP contribution in [0.25, 0.3) is 11.0 Å². The van der Waals surface area contributed by atoms with Gasteiger partial charge in [-0.2, -0.15) is 0 Å². The first-order valence-corrected chi connectivity index (χ1v) is 11.8. The van der Waals surface area contributed by atoms with Crippen molar-refractivity contribution in [3.8, 4) is 0 Å². The van der Waals surface area contributed by atoms with Crippen LogP contribution in [0.1, 0.15) is 64.6 Å². The molecule has 8 heteroatoms. The monoisotopic (exact) mass is 516 g/mol. The van der Waals surface area contributed by atoms with Gasteiger partial charge in [-0.25, -0.2) is 19.1 Å². The standard InChI is InChI=1S/C25H29BrN2O5/c1-24(2,3)32-22(29)28-19-14-16(15-26)12-13-18(19)27-21(28)20(17-10-8-7-9-11-17)31-23(30)33-25(4,5)6/h7-14,20H,15H2,1-6H3. The summed E-state index contributed by atoms with van der Waals surface area (Å²) in [5, 5.41) is 0.605. The highest BCUT2D eigenvalue weighted by Gasteiger charge is 2.32. The van der Waals surface area contributed by atoms with Crippen LogP contribution in [-0.2, 0) is 19.5 Å². The van der Waals surface area contributed by atoms with E-state index in [9.17, 15) is 9.59 Å². The third kappa shape index (κ3) is 6.35. The summed E-state index contributed by atoms with van der Waals surface area (Å²) < 4.78 is 18.2. The van der Waals surface area contributed by atoms with Crippen LogP contribution in [0.4, 0.5) is 9.59 Å². The number of hydrogen-bond donors (Lipinski definition) is 0. The summed E-state index contributed by atoms with van der Waals surface area (Å²) >= 11 is 3.45. The Hall–Kier alpha value is -2.87. The Balaban J connectivity index is 2.19. The summed E-state index contributed by atoms with van der Waals surface area (Å²) in [7, 11) is 0. The molecule has 3 rings (SSSR count). The average molecular weight is 517 g/mol. The lowest BCUT2D eigenvalue weighted by Gasteiger charge is -2.24. The van der Waals surface area contributed by atoms with Crippen molar-refractivity contribution in [3.05, 3.63) is 65.5 Å². The minimum Gasteiger partial charge on any atom is -0.443 e. The zero-order valence-corrected chi connectivity index (χ0v) is 21.3. The van der Waals surface area contributed by atoms with Crippen molar-refractivity contribution in [2.24, 2.45) is 0 Å². The number of alkyl halides is 1. The van der Waals surface area contributed by atoms with Crippen molar-refractivity contribution in [2.75, 3.05) is 0 Å². The van der Waals surface area contributed by atoms with E-state index in [1.807, 2.05) is 36.4 Å². The molecule has 176 valence electrons. The molecule has 0 aliphatic heterocycles. The van der Waals surface area contributed by atoms with E-state index in [1.54, 1.807) is 53.7 Å². The highest BCUT2D eigenvalue weighted by atomic mass is 79.9. The van der Waals surface area contributed by atoms with E-state index in [1.165, 1.54) is 4.57 Å². The lowest BCUT2D eigenvalue weighted by atomic mass is 10.1. The number of fused-ring (bicyclic) bond motifs is 1. The molecular formula is C25H29BrN2O5. The lowest BCUT2D eigenvalue weighted by Crippen LogP contribution is -2.30. The Kier molecular flexibility index (Phi) is 7.17. The molecule has 3 aromatic rings. The van der Waals surface area contributed by atoms with Gasteiger partial charge in [0.05, 0.1) is 11.0 Å². The zero-order chi connectivity index (χ0) is 24.4. The largest absolute Gasteiger partial charge is 0.509 e. The van der Waals surface area contributed by atoms with Gasteiger partial charge in [0, 0.05) is 10.9 Å². The van der Waals surface area contributed by atoms with E-state index in [0.29, 0.717) is 21.9 Å². The van der Waals surface area contributed by atoms with E-state index < -0.39 is 29.6 Å². The number of imidazole rings is 1. The highest BCUT2D eigenvalue weighted by Crippen LogP contribution is 2.31. The zero-order valence-electron chi connectivity index (χ0n) is 19.7. The molecule has 0 N–H and O–H groups in total. The van der Waals surface area contributed by atoms with Crippen LogP contribution in [0.15, 0.2) is 48.5 Å². The summed E-state index contributed by atoms with van der Waals surface area (Å²) in [6.45, 7) is 10.6. The summed E-state index contributed by atoms with van der Waals surface area (Å²) in [4.78, 5) is 30.6.